The molecule has 0 radical (unpaired) electrons. The molecule has 8 nitrogen and oxygen atoms in total. The van der Waals surface area contributed by atoms with Crippen LogP contribution in [0.3, 0.4) is 0 Å². The first-order valence-corrected chi connectivity index (χ1v) is 5.71. The summed E-state index contributed by atoms with van der Waals surface area (Å²) in [6.07, 6.45) is 2.16. The molecule has 0 aromatic carbocycles. The van der Waals surface area contributed by atoms with Gasteiger partial charge in [0, 0.05) is 0 Å². The van der Waals surface area contributed by atoms with E-state index in [2.05, 4.69) is 0 Å². The van der Waals surface area contributed by atoms with E-state index in [1.165, 1.54) is 0 Å². The zero-order chi connectivity index (χ0) is 12.5. The van der Waals surface area contributed by atoms with Crippen molar-refractivity contribution in [3.05, 3.63) is 0 Å². The molecule has 0 amide bonds. The van der Waals surface area contributed by atoms with E-state index >= 15 is 0 Å². The Kier molecular flexibility index (Phi) is 16.8. The van der Waals surface area contributed by atoms with E-state index in [1.807, 2.05) is 0 Å². The Morgan fingerprint density at radius 3 is 1.94 bits per heavy atom. The molecule has 0 saturated carbocycles. The summed E-state index contributed by atoms with van der Waals surface area (Å²) in [7, 11) is -4.64. The molecule has 0 aromatic heterocycles. The van der Waals surface area contributed by atoms with Crippen LogP contribution < -0.4 is 11.5 Å². The van der Waals surface area contributed by atoms with Gasteiger partial charge in [-0.05, 0) is 19.4 Å². The predicted molar refractivity (Wildman–Crippen MR) is 60.8 cm³/mol. The van der Waals surface area contributed by atoms with Gasteiger partial charge in [-0.1, -0.05) is 6.42 Å². The number of carbonyl (C=O) groups is 1. The summed E-state index contributed by atoms with van der Waals surface area (Å²) in [5.74, 6) is -0.933. The van der Waals surface area contributed by atoms with Crippen molar-refractivity contribution in [2.24, 2.45) is 11.5 Å². The third-order valence-electron chi connectivity index (χ3n) is 1.29. The van der Waals surface area contributed by atoms with Crippen LogP contribution in [-0.2, 0) is 9.36 Å². The summed E-state index contributed by atoms with van der Waals surface area (Å²) < 4.78 is 8.88. The van der Waals surface area contributed by atoms with Gasteiger partial charge in [0.15, 0.2) is 0 Å². The molecule has 0 spiro atoms. The van der Waals surface area contributed by atoms with Crippen LogP contribution in [0.4, 0.5) is 0 Å². The van der Waals surface area contributed by atoms with E-state index in [4.69, 9.17) is 35.8 Å². The molecular weight excluding hydrogens is 267 g/mol. The van der Waals surface area contributed by atoms with E-state index in [-0.39, 0.29) is 40.6 Å². The van der Waals surface area contributed by atoms with E-state index in [0.29, 0.717) is 13.0 Å². The van der Waals surface area contributed by atoms with Crippen LogP contribution >= 0.6 is 7.82 Å². The minimum Gasteiger partial charge on any atom is -1.00 e. The third kappa shape index (κ3) is 29.3. The van der Waals surface area contributed by atoms with Gasteiger partial charge in [0.1, 0.15) is 6.04 Å². The number of aliphatic carboxylic acids is 1. The topological polar surface area (TPSA) is 167 Å². The van der Waals surface area contributed by atoms with Gasteiger partial charge >= 0.3 is 51.5 Å². The van der Waals surface area contributed by atoms with Crippen LogP contribution in [0.5, 0.6) is 0 Å². The average Bonchev–Trinajstić information content (AvgIpc) is 2.01. The molecule has 0 rings (SSSR count). The molecule has 8 N–H and O–H groups in total. The number of carboxylic acids is 1. The smallest absolute Gasteiger partial charge is 1.00 e. The molecule has 0 aromatic rings. The molecule has 0 aliphatic heterocycles. The number of hydrogen-bond donors (Lipinski definition) is 6. The monoisotopic (exact) mass is 286 g/mol. The Hall–Kier alpha value is 0.760. The Morgan fingerprint density at radius 2 is 1.69 bits per heavy atom. The molecule has 0 aliphatic rings. The molecular formula is C6H19CaN2O6P. The maximum Gasteiger partial charge on any atom is 2.00 e. The van der Waals surface area contributed by atoms with Crippen LogP contribution in [0.2, 0.25) is 0 Å². The SMILES string of the molecule is NCCCCC(N)C(=O)O.O=P(O)(O)O.[Ca+2].[H-].[H-]. The van der Waals surface area contributed by atoms with Crippen molar-refractivity contribution in [3.8, 4) is 0 Å². The molecule has 0 bridgehead atoms. The molecule has 0 fully saturated rings. The van der Waals surface area contributed by atoms with E-state index < -0.39 is 19.8 Å². The Balaban J connectivity index is -0.0000000621. The van der Waals surface area contributed by atoms with Gasteiger partial charge in [-0.15, -0.1) is 0 Å². The molecule has 0 saturated heterocycles. The van der Waals surface area contributed by atoms with Gasteiger partial charge in [0.2, 0.25) is 0 Å². The van der Waals surface area contributed by atoms with Crippen molar-refractivity contribution in [2.45, 2.75) is 25.3 Å². The van der Waals surface area contributed by atoms with Gasteiger partial charge < -0.3 is 34.1 Å². The number of nitrogens with two attached hydrogens (primary N) is 2. The Labute approximate surface area is 126 Å². The maximum atomic E-state index is 10.1. The summed E-state index contributed by atoms with van der Waals surface area (Å²) in [5.41, 5.74) is 10.4. The largest absolute Gasteiger partial charge is 2.00 e. The van der Waals surface area contributed by atoms with Gasteiger partial charge in [0.25, 0.3) is 0 Å². The first-order valence-electron chi connectivity index (χ1n) is 4.15. The van der Waals surface area contributed by atoms with Crippen LogP contribution in [0.15, 0.2) is 0 Å². The second-order valence-corrected chi connectivity index (χ2v) is 3.77. The van der Waals surface area contributed by atoms with Gasteiger partial charge in [0.05, 0.1) is 0 Å². The van der Waals surface area contributed by atoms with E-state index in [9.17, 15) is 4.79 Å². The third-order valence-corrected chi connectivity index (χ3v) is 1.29. The zero-order valence-electron chi connectivity index (χ0n) is 10.8. The van der Waals surface area contributed by atoms with Crippen molar-refractivity contribution < 1.29 is 32.0 Å². The summed E-state index contributed by atoms with van der Waals surface area (Å²) in [6, 6.07) is -0.716. The first-order chi connectivity index (χ1) is 6.68. The van der Waals surface area contributed by atoms with Gasteiger partial charge in [-0.25, -0.2) is 4.57 Å². The molecule has 96 valence electrons. The Bertz CT molecular complexity index is 224. The van der Waals surface area contributed by atoms with Crippen molar-refractivity contribution in [2.75, 3.05) is 6.54 Å². The van der Waals surface area contributed by atoms with Gasteiger partial charge in [-0.3, -0.25) is 4.79 Å². The standard InChI is InChI=1S/C6H14N2O2.Ca.H3O4P.2H/c7-4-2-1-3-5(8)6(9)10;;1-5(2,3)4;;/h5H,1-4,7-8H2,(H,9,10);;(H3,1,2,3,4);;/q;+2;;2*-1. The summed E-state index contributed by atoms with van der Waals surface area (Å²) in [4.78, 5) is 31.7. The summed E-state index contributed by atoms with van der Waals surface area (Å²) in [6.45, 7) is 0.604. The Morgan fingerprint density at radius 1 is 1.31 bits per heavy atom. The fourth-order valence-corrected chi connectivity index (χ4v) is 0.632. The minimum atomic E-state index is -4.64. The summed E-state index contributed by atoms with van der Waals surface area (Å²) >= 11 is 0. The average molecular weight is 286 g/mol. The minimum absolute atomic E-state index is 0. The second-order valence-electron chi connectivity index (χ2n) is 2.74. The van der Waals surface area contributed by atoms with Crippen LogP contribution in [0.1, 0.15) is 22.1 Å². The zero-order valence-corrected chi connectivity index (χ0v) is 11.9. The molecule has 0 aliphatic carbocycles. The number of carboxylic acid groups (broad SMARTS) is 1. The van der Waals surface area contributed by atoms with Crippen molar-refractivity contribution in [3.63, 3.8) is 0 Å². The first kappa shape index (κ1) is 22.0. The van der Waals surface area contributed by atoms with Crippen molar-refractivity contribution in [1.82, 2.24) is 0 Å². The van der Waals surface area contributed by atoms with Crippen LogP contribution in [-0.4, -0.2) is 76.1 Å². The number of rotatable bonds is 5. The molecule has 0 heterocycles. The molecule has 1 atom stereocenters. The molecule has 10 heteroatoms. The van der Waals surface area contributed by atoms with E-state index in [0.717, 1.165) is 12.8 Å². The quantitative estimate of drug-likeness (QED) is 0.200. The molecule has 16 heavy (non-hydrogen) atoms. The van der Waals surface area contributed by atoms with Crippen LogP contribution in [0, 0.1) is 0 Å². The maximum absolute atomic E-state index is 10.1. The van der Waals surface area contributed by atoms with Crippen molar-refractivity contribution in [1.29, 1.82) is 0 Å². The normalized spacial score (nSPS) is 11.8. The predicted octanol–water partition coefficient (Wildman–Crippen LogP) is -1.56. The number of unbranched alkanes of at least 4 members (excludes halogenated alkanes) is 1. The fourth-order valence-electron chi connectivity index (χ4n) is 0.632. The van der Waals surface area contributed by atoms with Crippen LogP contribution in [0.25, 0.3) is 0 Å². The van der Waals surface area contributed by atoms with Gasteiger partial charge in [-0.2, -0.15) is 0 Å². The number of phosphoric acid groups is 1. The fraction of sp³-hybridized carbons (Fsp3) is 0.833. The van der Waals surface area contributed by atoms with E-state index in [1.54, 1.807) is 0 Å². The molecule has 1 unspecified atom stereocenters. The van der Waals surface area contributed by atoms with Crippen molar-refractivity contribution >= 4 is 51.5 Å². The number of hydrogen-bond acceptors (Lipinski definition) is 4. The second kappa shape index (κ2) is 12.2. The summed E-state index contributed by atoms with van der Waals surface area (Å²) in [5, 5.41) is 8.33.